The third-order valence-electron chi connectivity index (χ3n) is 9.46. The molecule has 0 bridgehead atoms. The van der Waals surface area contributed by atoms with Crippen molar-refractivity contribution in [3.05, 3.63) is 77.9 Å². The Balaban J connectivity index is 1.39. The number of aliphatic hydroxyl groups excluding tert-OH is 1. The second-order valence-electron chi connectivity index (χ2n) is 12.3. The van der Waals surface area contributed by atoms with Gasteiger partial charge in [-0.1, -0.05) is 48.7 Å². The molecule has 5 atom stereocenters. The molecule has 2 aromatic carbocycles. The second-order valence-corrected chi connectivity index (χ2v) is 12.7. The van der Waals surface area contributed by atoms with Gasteiger partial charge < -0.3 is 29.3 Å². The number of carbonyl (C=O) groups is 3. The van der Waals surface area contributed by atoms with Crippen LogP contribution >= 0.6 is 11.6 Å². The van der Waals surface area contributed by atoms with Crippen molar-refractivity contribution in [1.29, 1.82) is 0 Å². The first-order chi connectivity index (χ1) is 21.7. The zero-order chi connectivity index (χ0) is 31.8. The summed E-state index contributed by atoms with van der Waals surface area (Å²) in [5, 5.41) is 9.79. The average Bonchev–Trinajstić information content (AvgIpc) is 3.29. The summed E-state index contributed by atoms with van der Waals surface area (Å²) < 4.78 is 12.5. The molecule has 9 nitrogen and oxygen atoms in total. The van der Waals surface area contributed by atoms with Gasteiger partial charge in [-0.25, -0.2) is 0 Å². The lowest BCUT2D eigenvalue weighted by Crippen LogP contribution is -2.56. The van der Waals surface area contributed by atoms with E-state index in [1.54, 1.807) is 39.0 Å². The Morgan fingerprint density at radius 2 is 1.47 bits per heavy atom. The summed E-state index contributed by atoms with van der Waals surface area (Å²) in [5.41, 5.74) is -1.08. The van der Waals surface area contributed by atoms with E-state index < -0.39 is 29.1 Å². The number of ether oxygens (including phenoxy) is 2. The van der Waals surface area contributed by atoms with Crippen molar-refractivity contribution in [2.45, 2.75) is 56.8 Å². The molecule has 2 aromatic rings. The van der Waals surface area contributed by atoms with Crippen LogP contribution in [0.5, 0.6) is 5.75 Å². The molecule has 0 saturated carbocycles. The third kappa shape index (κ3) is 5.45. The van der Waals surface area contributed by atoms with E-state index in [0.29, 0.717) is 54.7 Å². The van der Waals surface area contributed by atoms with Crippen LogP contribution in [0.25, 0.3) is 0 Å². The molecule has 0 aliphatic carbocycles. The van der Waals surface area contributed by atoms with Crippen LogP contribution in [0.4, 0.5) is 11.4 Å². The highest BCUT2D eigenvalue weighted by molar-refractivity contribution is 6.30. The maximum Gasteiger partial charge on any atom is 0.253 e. The van der Waals surface area contributed by atoms with Gasteiger partial charge in [-0.05, 0) is 75.2 Å². The van der Waals surface area contributed by atoms with E-state index in [-0.39, 0.29) is 30.9 Å². The minimum absolute atomic E-state index is 0.115. The number of halogens is 1. The van der Waals surface area contributed by atoms with Crippen LogP contribution in [0.1, 0.15) is 39.5 Å². The molecular weight excluding hydrogens is 594 g/mol. The van der Waals surface area contributed by atoms with Crippen LogP contribution in [0.15, 0.2) is 72.8 Å². The summed E-state index contributed by atoms with van der Waals surface area (Å²) >= 11 is 6.15. The molecule has 6 rings (SSSR count). The Bertz CT molecular complexity index is 1490. The largest absolute Gasteiger partial charge is 0.494 e. The minimum Gasteiger partial charge on any atom is -0.494 e. The number of nitrogens with zero attached hydrogens (tertiary/aromatic N) is 3. The predicted molar refractivity (Wildman–Crippen MR) is 172 cm³/mol. The zero-order valence-corrected chi connectivity index (χ0v) is 26.5. The SMILES string of the molecule is CCOc1ccc(N2CC=C[C@]3(C)O[C@]45C=CCN(c6ccc(Cl)cc6)C(=O)C4N(CCCCCCO)C(=O)[C@@H]5[C@@H]3C2=O)cc1. The number of unbranched alkanes of at least 4 members (excludes halogenated alkanes) is 3. The quantitative estimate of drug-likeness (QED) is 0.299. The Labute approximate surface area is 269 Å². The maximum atomic E-state index is 14.6. The molecule has 1 spiro atoms. The molecule has 3 amide bonds. The molecule has 2 fully saturated rings. The Morgan fingerprint density at radius 1 is 0.844 bits per heavy atom. The number of benzene rings is 2. The van der Waals surface area contributed by atoms with Gasteiger partial charge in [0.25, 0.3) is 5.91 Å². The highest BCUT2D eigenvalue weighted by Gasteiger charge is 2.74. The number of hydrogen-bond donors (Lipinski definition) is 1. The fourth-order valence-electron chi connectivity index (χ4n) is 7.48. The van der Waals surface area contributed by atoms with Crippen molar-refractivity contribution >= 4 is 40.7 Å². The number of anilines is 2. The number of carbonyl (C=O) groups excluding carboxylic acids is 3. The van der Waals surface area contributed by atoms with Crippen LogP contribution in [0, 0.1) is 11.8 Å². The van der Waals surface area contributed by atoms with Crippen molar-refractivity contribution < 1.29 is 29.0 Å². The van der Waals surface area contributed by atoms with E-state index in [4.69, 9.17) is 21.1 Å². The van der Waals surface area contributed by atoms with Gasteiger partial charge in [-0.3, -0.25) is 14.4 Å². The minimum atomic E-state index is -1.33. The molecule has 4 aliphatic rings. The summed E-state index contributed by atoms with van der Waals surface area (Å²) in [6.45, 7) is 5.38. The maximum absolute atomic E-state index is 14.6. The smallest absolute Gasteiger partial charge is 0.253 e. The van der Waals surface area contributed by atoms with E-state index >= 15 is 0 Å². The van der Waals surface area contributed by atoms with Gasteiger partial charge in [0.05, 0.1) is 24.0 Å². The predicted octanol–water partition coefficient (Wildman–Crippen LogP) is 4.77. The third-order valence-corrected chi connectivity index (χ3v) is 9.71. The molecule has 1 unspecified atom stereocenters. The average molecular weight is 634 g/mol. The molecule has 10 heteroatoms. The molecular formula is C35H40ClN3O6. The first-order valence-corrected chi connectivity index (χ1v) is 16.2. The van der Waals surface area contributed by atoms with Gasteiger partial charge in [0.1, 0.15) is 17.4 Å². The van der Waals surface area contributed by atoms with E-state index in [0.717, 1.165) is 12.8 Å². The van der Waals surface area contributed by atoms with Crippen LogP contribution in [-0.2, 0) is 19.1 Å². The lowest BCUT2D eigenvalue weighted by molar-refractivity contribution is -0.144. The van der Waals surface area contributed by atoms with Gasteiger partial charge in [0, 0.05) is 42.6 Å². The first-order valence-electron chi connectivity index (χ1n) is 15.8. The molecule has 2 saturated heterocycles. The molecule has 0 radical (unpaired) electrons. The summed E-state index contributed by atoms with van der Waals surface area (Å²) in [5.74, 6) is -1.75. The van der Waals surface area contributed by atoms with E-state index in [1.165, 1.54) is 0 Å². The Kier molecular flexibility index (Phi) is 8.78. The summed E-state index contributed by atoms with van der Waals surface area (Å²) in [4.78, 5) is 48.8. The molecule has 4 aliphatic heterocycles. The lowest BCUT2D eigenvalue weighted by atomic mass is 9.74. The Hall–Kier alpha value is -3.66. The second kappa shape index (κ2) is 12.6. The highest BCUT2D eigenvalue weighted by atomic mass is 35.5. The van der Waals surface area contributed by atoms with Crippen molar-refractivity contribution in [1.82, 2.24) is 4.90 Å². The number of likely N-dealkylation sites (tertiary alicyclic amines) is 1. The fourth-order valence-corrected chi connectivity index (χ4v) is 7.61. The van der Waals surface area contributed by atoms with E-state index in [2.05, 4.69) is 0 Å². The number of aliphatic hydroxyl groups is 1. The zero-order valence-electron chi connectivity index (χ0n) is 25.7. The van der Waals surface area contributed by atoms with Crippen LogP contribution in [0.2, 0.25) is 5.02 Å². The molecule has 45 heavy (non-hydrogen) atoms. The van der Waals surface area contributed by atoms with Crippen molar-refractivity contribution in [3.63, 3.8) is 0 Å². The van der Waals surface area contributed by atoms with Crippen LogP contribution < -0.4 is 14.5 Å². The van der Waals surface area contributed by atoms with Crippen molar-refractivity contribution in [2.75, 3.05) is 42.6 Å². The number of hydrogen-bond acceptors (Lipinski definition) is 6. The van der Waals surface area contributed by atoms with Crippen molar-refractivity contribution in [2.24, 2.45) is 11.8 Å². The topological polar surface area (TPSA) is 99.6 Å². The summed E-state index contributed by atoms with van der Waals surface area (Å²) in [6.07, 6.45) is 10.5. The number of fused-ring (bicyclic) bond motifs is 2. The summed E-state index contributed by atoms with van der Waals surface area (Å²) in [7, 11) is 0. The number of rotatable bonds is 10. The van der Waals surface area contributed by atoms with Crippen molar-refractivity contribution in [3.8, 4) is 5.75 Å². The molecule has 0 aromatic heterocycles. The van der Waals surface area contributed by atoms with E-state index in [1.807, 2.05) is 62.4 Å². The molecule has 238 valence electrons. The van der Waals surface area contributed by atoms with Gasteiger partial charge >= 0.3 is 0 Å². The summed E-state index contributed by atoms with van der Waals surface area (Å²) in [6, 6.07) is 13.5. The number of amides is 3. The van der Waals surface area contributed by atoms with Crippen LogP contribution in [0.3, 0.4) is 0 Å². The fraction of sp³-hybridized carbons (Fsp3) is 0.457. The lowest BCUT2D eigenvalue weighted by Gasteiger charge is -2.37. The standard InChI is InChI=1S/C35H40ClN3O6/c1-3-44-27-16-14-26(15-17-27)37-21-8-18-34(2)28(31(37)41)29-32(42)39(20-6-4-5-7-23-40)30-33(43)38(22-9-19-35(29,30)45-34)25-12-10-24(36)11-13-25/h8-19,28-30,40H,3-7,20-23H2,1-2H3/t28-,29+,30?,34+,35+/m1/s1. The molecule has 4 heterocycles. The van der Waals surface area contributed by atoms with Gasteiger partial charge in [-0.2, -0.15) is 0 Å². The van der Waals surface area contributed by atoms with Gasteiger partial charge in [0.15, 0.2) is 0 Å². The Morgan fingerprint density at radius 3 is 2.13 bits per heavy atom. The van der Waals surface area contributed by atoms with Gasteiger partial charge in [0.2, 0.25) is 11.8 Å². The highest BCUT2D eigenvalue weighted by Crippen LogP contribution is 2.57. The molecule has 1 N–H and O–H groups in total. The first kappa shape index (κ1) is 31.3. The monoisotopic (exact) mass is 633 g/mol. The normalized spacial score (nSPS) is 29.0. The van der Waals surface area contributed by atoms with E-state index in [9.17, 15) is 19.5 Å². The van der Waals surface area contributed by atoms with Gasteiger partial charge in [-0.15, -0.1) is 0 Å². The van der Waals surface area contributed by atoms with Crippen LogP contribution in [-0.4, -0.2) is 77.8 Å².